The van der Waals surface area contributed by atoms with Crippen molar-refractivity contribution in [3.05, 3.63) is 81.8 Å². The largest absolute Gasteiger partial charge is 0.493 e. The van der Waals surface area contributed by atoms with Gasteiger partial charge in [0, 0.05) is 18.0 Å². The second kappa shape index (κ2) is 9.71. The zero-order valence-corrected chi connectivity index (χ0v) is 16.7. The molecule has 28 heavy (non-hydrogen) atoms. The van der Waals surface area contributed by atoms with Crippen molar-refractivity contribution in [1.82, 2.24) is 10.3 Å². The van der Waals surface area contributed by atoms with Gasteiger partial charge in [0.25, 0.3) is 0 Å². The molecule has 2 aromatic carbocycles. The van der Waals surface area contributed by atoms with E-state index in [4.69, 9.17) is 9.47 Å². The molecule has 6 heteroatoms. The summed E-state index contributed by atoms with van der Waals surface area (Å²) >= 11 is 1.55. The van der Waals surface area contributed by atoms with Crippen molar-refractivity contribution >= 4 is 23.3 Å². The number of nitrogens with zero attached hydrogens (tertiary/aromatic N) is 1. The number of nitrogens with one attached hydrogen (secondary N) is 1. The minimum absolute atomic E-state index is 0.172. The quantitative estimate of drug-likeness (QED) is 0.577. The molecule has 0 fully saturated rings. The van der Waals surface area contributed by atoms with Crippen LogP contribution in [-0.2, 0) is 17.9 Å². The minimum Gasteiger partial charge on any atom is -0.493 e. The fourth-order valence-electron chi connectivity index (χ4n) is 2.54. The van der Waals surface area contributed by atoms with Gasteiger partial charge in [-0.15, -0.1) is 11.3 Å². The zero-order chi connectivity index (χ0) is 19.8. The van der Waals surface area contributed by atoms with Crippen LogP contribution in [0.25, 0.3) is 6.08 Å². The van der Waals surface area contributed by atoms with Gasteiger partial charge in [0.15, 0.2) is 11.5 Å². The van der Waals surface area contributed by atoms with E-state index in [9.17, 15) is 4.79 Å². The first-order valence-corrected chi connectivity index (χ1v) is 9.73. The molecule has 1 aromatic heterocycles. The Morgan fingerprint density at radius 2 is 1.96 bits per heavy atom. The second-order valence-electron chi connectivity index (χ2n) is 6.10. The molecule has 3 rings (SSSR count). The van der Waals surface area contributed by atoms with Gasteiger partial charge in [-0.25, -0.2) is 4.98 Å². The molecule has 0 atom stereocenters. The van der Waals surface area contributed by atoms with E-state index in [1.807, 2.05) is 60.8 Å². The summed E-state index contributed by atoms with van der Waals surface area (Å²) in [7, 11) is 1.60. The molecule has 0 aliphatic rings. The molecule has 5 nitrogen and oxygen atoms in total. The number of aromatic nitrogens is 1. The van der Waals surface area contributed by atoms with Crippen LogP contribution in [0.4, 0.5) is 0 Å². The highest BCUT2D eigenvalue weighted by molar-refractivity contribution is 7.09. The van der Waals surface area contributed by atoms with Crippen LogP contribution >= 0.6 is 11.3 Å². The smallest absolute Gasteiger partial charge is 0.244 e. The second-order valence-corrected chi connectivity index (χ2v) is 7.16. The highest BCUT2D eigenvalue weighted by Gasteiger charge is 2.07. The fraction of sp³-hybridized carbons (Fsp3) is 0.182. The highest BCUT2D eigenvalue weighted by Crippen LogP contribution is 2.28. The summed E-state index contributed by atoms with van der Waals surface area (Å²) in [5.74, 6) is 1.13. The standard InChI is InChI=1S/C22H22N2O3S/c1-16-24-19(15-28-16)9-11-22(25)23-13-18-8-10-20(21(12-18)26-2)27-14-17-6-4-3-5-7-17/h3-12,15H,13-14H2,1-2H3,(H,23,25)/b11-9+. The lowest BCUT2D eigenvalue weighted by Gasteiger charge is -2.12. The summed E-state index contributed by atoms with van der Waals surface area (Å²) < 4.78 is 11.3. The number of amides is 1. The molecule has 0 saturated carbocycles. The van der Waals surface area contributed by atoms with Gasteiger partial charge >= 0.3 is 0 Å². The molecule has 1 heterocycles. The van der Waals surface area contributed by atoms with Crippen molar-refractivity contribution in [1.29, 1.82) is 0 Å². The summed E-state index contributed by atoms with van der Waals surface area (Å²) in [5, 5.41) is 5.75. The third-order valence-corrected chi connectivity index (χ3v) is 4.77. The SMILES string of the molecule is COc1cc(CNC(=O)/C=C/c2csc(C)n2)ccc1OCc1ccccc1. The molecule has 0 radical (unpaired) electrons. The summed E-state index contributed by atoms with van der Waals surface area (Å²) in [6.07, 6.45) is 3.20. The van der Waals surface area contributed by atoms with Gasteiger partial charge < -0.3 is 14.8 Å². The summed E-state index contributed by atoms with van der Waals surface area (Å²) in [5.41, 5.74) is 2.80. The van der Waals surface area contributed by atoms with E-state index in [0.29, 0.717) is 24.7 Å². The van der Waals surface area contributed by atoms with Gasteiger partial charge in [-0.1, -0.05) is 36.4 Å². The normalized spacial score (nSPS) is 10.8. The third-order valence-electron chi connectivity index (χ3n) is 3.97. The predicted octanol–water partition coefficient (Wildman–Crippen LogP) is 4.37. The number of carbonyl (C=O) groups excluding carboxylic acids is 1. The number of rotatable bonds is 8. The van der Waals surface area contributed by atoms with E-state index in [1.165, 1.54) is 6.08 Å². The first kappa shape index (κ1) is 19.6. The Morgan fingerprint density at radius 3 is 2.68 bits per heavy atom. The first-order valence-electron chi connectivity index (χ1n) is 8.86. The Labute approximate surface area is 168 Å². The molecule has 0 bridgehead atoms. The van der Waals surface area contributed by atoms with Crippen LogP contribution in [0.1, 0.15) is 21.8 Å². The molecule has 0 saturated heterocycles. The number of hydrogen-bond acceptors (Lipinski definition) is 5. The van der Waals surface area contributed by atoms with E-state index in [2.05, 4.69) is 10.3 Å². The van der Waals surface area contributed by atoms with Crippen molar-refractivity contribution < 1.29 is 14.3 Å². The van der Waals surface area contributed by atoms with Crippen molar-refractivity contribution in [2.75, 3.05) is 7.11 Å². The van der Waals surface area contributed by atoms with Crippen molar-refractivity contribution in [2.45, 2.75) is 20.1 Å². The van der Waals surface area contributed by atoms with Crippen LogP contribution in [0.15, 0.2) is 60.0 Å². The fourth-order valence-corrected chi connectivity index (χ4v) is 3.12. The molecular formula is C22H22N2O3S. The van der Waals surface area contributed by atoms with Gasteiger partial charge in [0.05, 0.1) is 17.8 Å². The van der Waals surface area contributed by atoms with Crippen LogP contribution in [0.3, 0.4) is 0 Å². The van der Waals surface area contributed by atoms with Crippen LogP contribution in [0, 0.1) is 6.92 Å². The lowest BCUT2D eigenvalue weighted by atomic mass is 10.2. The van der Waals surface area contributed by atoms with Crippen LogP contribution in [-0.4, -0.2) is 18.0 Å². The van der Waals surface area contributed by atoms with E-state index in [1.54, 1.807) is 24.5 Å². The summed E-state index contributed by atoms with van der Waals surface area (Å²) in [6.45, 7) is 2.80. The molecule has 0 aliphatic heterocycles. The van der Waals surface area contributed by atoms with E-state index < -0.39 is 0 Å². The van der Waals surface area contributed by atoms with Gasteiger partial charge in [-0.2, -0.15) is 0 Å². The molecule has 3 aromatic rings. The van der Waals surface area contributed by atoms with Gasteiger partial charge in [0.2, 0.25) is 5.91 Å². The minimum atomic E-state index is -0.172. The van der Waals surface area contributed by atoms with Gasteiger partial charge in [0.1, 0.15) is 6.61 Å². The van der Waals surface area contributed by atoms with Crippen molar-refractivity contribution in [3.63, 3.8) is 0 Å². The Hall–Kier alpha value is -3.12. The summed E-state index contributed by atoms with van der Waals surface area (Å²) in [6, 6.07) is 15.6. The van der Waals surface area contributed by atoms with Gasteiger partial charge in [-0.05, 0) is 36.3 Å². The maximum absolute atomic E-state index is 12.0. The Morgan fingerprint density at radius 1 is 1.14 bits per heavy atom. The molecule has 0 spiro atoms. The number of thiazole rings is 1. The number of ether oxygens (including phenoxy) is 2. The lowest BCUT2D eigenvalue weighted by molar-refractivity contribution is -0.116. The molecular weight excluding hydrogens is 372 g/mol. The number of hydrogen-bond donors (Lipinski definition) is 1. The number of carbonyl (C=O) groups is 1. The molecule has 1 amide bonds. The maximum atomic E-state index is 12.0. The van der Waals surface area contributed by atoms with Crippen molar-refractivity contribution in [3.8, 4) is 11.5 Å². The van der Waals surface area contributed by atoms with E-state index in [0.717, 1.165) is 21.8 Å². The highest BCUT2D eigenvalue weighted by atomic mass is 32.1. The van der Waals surface area contributed by atoms with Crippen LogP contribution in [0.2, 0.25) is 0 Å². The lowest BCUT2D eigenvalue weighted by Crippen LogP contribution is -2.20. The third kappa shape index (κ3) is 5.69. The molecule has 144 valence electrons. The number of methoxy groups -OCH3 is 1. The number of aryl methyl sites for hydroxylation is 1. The van der Waals surface area contributed by atoms with Crippen LogP contribution < -0.4 is 14.8 Å². The maximum Gasteiger partial charge on any atom is 0.244 e. The Bertz CT molecular complexity index is 951. The van der Waals surface area contributed by atoms with Crippen LogP contribution in [0.5, 0.6) is 11.5 Å². The monoisotopic (exact) mass is 394 g/mol. The average molecular weight is 394 g/mol. The Balaban J connectivity index is 1.55. The average Bonchev–Trinajstić information content (AvgIpc) is 3.15. The van der Waals surface area contributed by atoms with Gasteiger partial charge in [-0.3, -0.25) is 4.79 Å². The molecule has 0 unspecified atom stereocenters. The first-order chi connectivity index (χ1) is 13.6. The molecule has 0 aliphatic carbocycles. The van der Waals surface area contributed by atoms with E-state index >= 15 is 0 Å². The zero-order valence-electron chi connectivity index (χ0n) is 15.8. The Kier molecular flexibility index (Phi) is 6.81. The molecule has 1 N–H and O–H groups in total. The van der Waals surface area contributed by atoms with Crippen molar-refractivity contribution in [2.24, 2.45) is 0 Å². The predicted molar refractivity (Wildman–Crippen MR) is 111 cm³/mol. The topological polar surface area (TPSA) is 60.5 Å². The summed E-state index contributed by atoms with van der Waals surface area (Å²) in [4.78, 5) is 16.3. The number of benzene rings is 2. The van der Waals surface area contributed by atoms with E-state index in [-0.39, 0.29) is 5.91 Å².